The highest BCUT2D eigenvalue weighted by Gasteiger charge is 2.34. The number of carbonyl (C=O) groups excluding carboxylic acids is 1. The van der Waals surface area contributed by atoms with Crippen LogP contribution >= 0.6 is 15.9 Å². The maximum Gasteiger partial charge on any atom is 0.254 e. The highest BCUT2D eigenvalue weighted by Crippen LogP contribution is 2.30. The summed E-state index contributed by atoms with van der Waals surface area (Å²) < 4.78 is 0.963. The summed E-state index contributed by atoms with van der Waals surface area (Å²) in [6.07, 6.45) is 0. The Morgan fingerprint density at radius 1 is 1.33 bits per heavy atom. The van der Waals surface area contributed by atoms with Gasteiger partial charge in [-0.1, -0.05) is 22.0 Å². The molecule has 1 aromatic carbocycles. The molecule has 0 aromatic heterocycles. The van der Waals surface area contributed by atoms with E-state index in [1.165, 1.54) is 0 Å². The van der Waals surface area contributed by atoms with E-state index in [-0.39, 0.29) is 11.4 Å². The van der Waals surface area contributed by atoms with Gasteiger partial charge in [-0.25, -0.2) is 0 Å². The van der Waals surface area contributed by atoms with Crippen LogP contribution in [0.1, 0.15) is 36.7 Å². The zero-order chi connectivity index (χ0) is 11.2. The summed E-state index contributed by atoms with van der Waals surface area (Å²) in [5, 5.41) is 0. The summed E-state index contributed by atoms with van der Waals surface area (Å²) in [5.74, 6) is 0.138. The van der Waals surface area contributed by atoms with E-state index in [0.29, 0.717) is 0 Å². The molecule has 0 N–H and O–H groups in total. The van der Waals surface area contributed by atoms with Crippen LogP contribution in [-0.4, -0.2) is 16.3 Å². The third-order valence-electron chi connectivity index (χ3n) is 2.69. The molecule has 0 radical (unpaired) electrons. The largest absolute Gasteiger partial charge is 0.329 e. The predicted octanol–water partition coefficient (Wildman–Crippen LogP) is 3.20. The standard InChI is InChI=1S/C12H14BrNO/c1-12(2,3)14-7-8-4-5-9(13)6-10(8)11(14)15/h4-6H,7H2,1-3H3. The zero-order valence-electron chi connectivity index (χ0n) is 9.17. The number of benzene rings is 1. The van der Waals surface area contributed by atoms with E-state index >= 15 is 0 Å². The number of hydrogen-bond acceptors (Lipinski definition) is 1. The number of nitrogens with zero attached hydrogens (tertiary/aromatic N) is 1. The molecule has 1 heterocycles. The molecular formula is C12H14BrNO. The van der Waals surface area contributed by atoms with Crippen molar-refractivity contribution in [1.82, 2.24) is 4.90 Å². The summed E-state index contributed by atoms with van der Waals surface area (Å²) in [4.78, 5) is 14.0. The molecule has 0 fully saturated rings. The minimum atomic E-state index is -0.109. The molecule has 1 aromatic rings. The average molecular weight is 268 g/mol. The van der Waals surface area contributed by atoms with Crippen LogP contribution in [0, 0.1) is 0 Å². The summed E-state index contributed by atoms with van der Waals surface area (Å²) in [5.41, 5.74) is 1.85. The fraction of sp³-hybridized carbons (Fsp3) is 0.417. The maximum absolute atomic E-state index is 12.1. The molecule has 0 spiro atoms. The van der Waals surface area contributed by atoms with Crippen molar-refractivity contribution in [3.05, 3.63) is 33.8 Å². The Morgan fingerprint density at radius 3 is 2.60 bits per heavy atom. The van der Waals surface area contributed by atoms with Gasteiger partial charge in [0.05, 0.1) is 0 Å². The van der Waals surface area contributed by atoms with Crippen LogP contribution in [0.25, 0.3) is 0 Å². The summed E-state index contributed by atoms with van der Waals surface area (Å²) >= 11 is 3.39. The minimum Gasteiger partial charge on any atom is -0.329 e. The first-order valence-electron chi connectivity index (χ1n) is 5.00. The van der Waals surface area contributed by atoms with Gasteiger partial charge < -0.3 is 4.90 Å². The number of halogens is 1. The van der Waals surface area contributed by atoms with Crippen LogP contribution in [0.4, 0.5) is 0 Å². The van der Waals surface area contributed by atoms with Gasteiger partial charge in [-0.05, 0) is 38.5 Å². The van der Waals surface area contributed by atoms with Crippen LogP contribution in [-0.2, 0) is 6.54 Å². The molecular weight excluding hydrogens is 254 g/mol. The van der Waals surface area contributed by atoms with E-state index in [1.54, 1.807) is 0 Å². The molecule has 0 unspecified atom stereocenters. The zero-order valence-corrected chi connectivity index (χ0v) is 10.8. The Bertz CT molecular complexity index is 420. The lowest BCUT2D eigenvalue weighted by atomic mass is 10.1. The number of carbonyl (C=O) groups is 1. The summed E-state index contributed by atoms with van der Waals surface area (Å²) in [6, 6.07) is 5.91. The molecule has 0 bridgehead atoms. The predicted molar refractivity (Wildman–Crippen MR) is 63.8 cm³/mol. The number of rotatable bonds is 0. The first-order valence-corrected chi connectivity index (χ1v) is 5.79. The molecule has 2 rings (SSSR count). The van der Waals surface area contributed by atoms with Gasteiger partial charge in [0.15, 0.2) is 0 Å². The van der Waals surface area contributed by atoms with E-state index in [9.17, 15) is 4.79 Å². The second-order valence-corrected chi connectivity index (χ2v) is 5.78. The van der Waals surface area contributed by atoms with Gasteiger partial charge in [-0.15, -0.1) is 0 Å². The molecule has 0 atom stereocenters. The van der Waals surface area contributed by atoms with Crippen molar-refractivity contribution in [2.45, 2.75) is 32.9 Å². The topological polar surface area (TPSA) is 20.3 Å². The van der Waals surface area contributed by atoms with Crippen molar-refractivity contribution in [3.63, 3.8) is 0 Å². The van der Waals surface area contributed by atoms with E-state index in [0.717, 1.165) is 22.1 Å². The average Bonchev–Trinajstić information content (AvgIpc) is 2.43. The van der Waals surface area contributed by atoms with E-state index < -0.39 is 0 Å². The SMILES string of the molecule is CC(C)(C)N1Cc2ccc(Br)cc2C1=O. The Morgan fingerprint density at radius 2 is 2.00 bits per heavy atom. The maximum atomic E-state index is 12.1. The van der Waals surface area contributed by atoms with Crippen molar-refractivity contribution in [2.75, 3.05) is 0 Å². The van der Waals surface area contributed by atoms with Crippen molar-refractivity contribution >= 4 is 21.8 Å². The molecule has 3 heteroatoms. The number of fused-ring (bicyclic) bond motifs is 1. The highest BCUT2D eigenvalue weighted by molar-refractivity contribution is 9.10. The molecule has 80 valence electrons. The molecule has 0 saturated carbocycles. The lowest BCUT2D eigenvalue weighted by Crippen LogP contribution is -2.41. The third kappa shape index (κ3) is 1.81. The highest BCUT2D eigenvalue weighted by atomic mass is 79.9. The van der Waals surface area contributed by atoms with E-state index in [1.807, 2.05) is 23.1 Å². The lowest BCUT2D eigenvalue weighted by Gasteiger charge is -2.31. The van der Waals surface area contributed by atoms with Crippen molar-refractivity contribution < 1.29 is 4.79 Å². The van der Waals surface area contributed by atoms with Crippen molar-refractivity contribution in [2.24, 2.45) is 0 Å². The normalized spacial score (nSPS) is 15.7. The monoisotopic (exact) mass is 267 g/mol. The summed E-state index contributed by atoms with van der Waals surface area (Å²) in [6.45, 7) is 6.91. The molecule has 1 aliphatic heterocycles. The molecule has 0 aliphatic carbocycles. The first kappa shape index (κ1) is 10.7. The number of amides is 1. The Hall–Kier alpha value is -0.830. The Kier molecular flexibility index (Phi) is 2.38. The van der Waals surface area contributed by atoms with Crippen LogP contribution in [0.5, 0.6) is 0 Å². The fourth-order valence-corrected chi connectivity index (χ4v) is 2.18. The minimum absolute atomic E-state index is 0.109. The fourth-order valence-electron chi connectivity index (χ4n) is 1.81. The molecule has 15 heavy (non-hydrogen) atoms. The Balaban J connectivity index is 2.42. The van der Waals surface area contributed by atoms with Gasteiger partial charge in [-0.2, -0.15) is 0 Å². The van der Waals surface area contributed by atoms with Crippen molar-refractivity contribution in [1.29, 1.82) is 0 Å². The second-order valence-electron chi connectivity index (χ2n) is 4.86. The third-order valence-corrected chi connectivity index (χ3v) is 3.18. The van der Waals surface area contributed by atoms with Gasteiger partial charge in [0.1, 0.15) is 0 Å². The lowest BCUT2D eigenvalue weighted by molar-refractivity contribution is 0.0609. The van der Waals surface area contributed by atoms with Crippen LogP contribution in [0.3, 0.4) is 0 Å². The van der Waals surface area contributed by atoms with Gasteiger partial charge in [0.25, 0.3) is 5.91 Å². The second kappa shape index (κ2) is 3.34. The first-order chi connectivity index (χ1) is 6.89. The molecule has 2 nitrogen and oxygen atoms in total. The molecule has 1 amide bonds. The Labute approximate surface area is 98.4 Å². The number of hydrogen-bond donors (Lipinski definition) is 0. The van der Waals surface area contributed by atoms with E-state index in [2.05, 4.69) is 36.7 Å². The van der Waals surface area contributed by atoms with Gasteiger partial charge in [0, 0.05) is 22.1 Å². The summed E-state index contributed by atoms with van der Waals surface area (Å²) in [7, 11) is 0. The van der Waals surface area contributed by atoms with Crippen LogP contribution in [0.15, 0.2) is 22.7 Å². The smallest absolute Gasteiger partial charge is 0.254 e. The van der Waals surface area contributed by atoms with Crippen molar-refractivity contribution in [3.8, 4) is 0 Å². The quantitative estimate of drug-likeness (QED) is 0.707. The van der Waals surface area contributed by atoms with Gasteiger partial charge >= 0.3 is 0 Å². The van der Waals surface area contributed by atoms with E-state index in [4.69, 9.17) is 0 Å². The van der Waals surface area contributed by atoms with Crippen LogP contribution in [0.2, 0.25) is 0 Å². The molecule has 0 saturated heterocycles. The van der Waals surface area contributed by atoms with Crippen LogP contribution < -0.4 is 0 Å². The van der Waals surface area contributed by atoms with Gasteiger partial charge in [0.2, 0.25) is 0 Å². The van der Waals surface area contributed by atoms with Gasteiger partial charge in [-0.3, -0.25) is 4.79 Å². The molecule has 1 aliphatic rings.